The number of rotatable bonds is 12. The molecule has 34 heavy (non-hydrogen) atoms. The van der Waals surface area contributed by atoms with E-state index in [4.69, 9.17) is 0 Å². The van der Waals surface area contributed by atoms with Crippen molar-refractivity contribution in [3.63, 3.8) is 0 Å². The maximum absolute atomic E-state index is 15.4. The minimum atomic E-state index is -4.16. The van der Waals surface area contributed by atoms with Gasteiger partial charge in [0.25, 0.3) is 13.1 Å². The van der Waals surface area contributed by atoms with Gasteiger partial charge in [-0.2, -0.15) is 0 Å². The molecule has 0 unspecified atom stereocenters. The highest BCUT2D eigenvalue weighted by atomic mass is 19.3. The molecular formula is C29H47BF4. The van der Waals surface area contributed by atoms with Crippen LogP contribution in [0.2, 0.25) is 0 Å². The van der Waals surface area contributed by atoms with E-state index < -0.39 is 24.4 Å². The van der Waals surface area contributed by atoms with Crippen molar-refractivity contribution in [2.75, 3.05) is 0 Å². The second-order valence-corrected chi connectivity index (χ2v) is 10.9. The lowest BCUT2D eigenvalue weighted by atomic mass is 9.54. The molecule has 0 N–H and O–H groups in total. The summed E-state index contributed by atoms with van der Waals surface area (Å²) in [5, 5.41) is 0. The first kappa shape index (κ1) is 30.8. The Kier molecular flexibility index (Phi) is 11.4. The summed E-state index contributed by atoms with van der Waals surface area (Å²) < 4.78 is 61.3. The Bertz CT molecular complexity index is 754. The summed E-state index contributed by atoms with van der Waals surface area (Å²) in [7, 11) is -0.988. The zero-order valence-electron chi connectivity index (χ0n) is 22.6. The van der Waals surface area contributed by atoms with E-state index in [1.807, 2.05) is 6.08 Å². The number of halogens is 4. The maximum Gasteiger partial charge on any atom is 0.307 e. The van der Waals surface area contributed by atoms with E-state index in [9.17, 15) is 0 Å². The van der Waals surface area contributed by atoms with Crippen molar-refractivity contribution in [1.29, 1.82) is 0 Å². The molecule has 0 bridgehead atoms. The Labute approximate surface area is 207 Å². The smallest absolute Gasteiger partial charge is 0.211 e. The molecule has 0 amide bonds. The molecule has 0 aromatic heterocycles. The van der Waals surface area contributed by atoms with E-state index in [1.54, 1.807) is 13.8 Å². The van der Waals surface area contributed by atoms with Crippen LogP contribution in [0.25, 0.3) is 0 Å². The fourth-order valence-corrected chi connectivity index (χ4v) is 5.26. The van der Waals surface area contributed by atoms with Crippen LogP contribution in [-0.2, 0) is 0 Å². The Morgan fingerprint density at radius 1 is 0.853 bits per heavy atom. The molecule has 0 radical (unpaired) electrons. The van der Waals surface area contributed by atoms with Gasteiger partial charge in [0.1, 0.15) is 0 Å². The number of unbranched alkanes of at least 4 members (excludes halogenated alkanes) is 1. The molecule has 0 saturated heterocycles. The molecule has 0 atom stereocenters. The number of allylic oxidation sites excluding steroid dienone is 6. The van der Waals surface area contributed by atoms with E-state index in [0.29, 0.717) is 6.42 Å². The van der Waals surface area contributed by atoms with Crippen LogP contribution in [0.15, 0.2) is 47.5 Å². The van der Waals surface area contributed by atoms with Crippen LogP contribution in [0.5, 0.6) is 0 Å². The molecular weight excluding hydrogens is 435 g/mol. The third kappa shape index (κ3) is 6.69. The first-order valence-electron chi connectivity index (χ1n) is 13.2. The van der Waals surface area contributed by atoms with E-state index in [2.05, 4.69) is 33.9 Å². The summed E-state index contributed by atoms with van der Waals surface area (Å²) >= 11 is 0. The average molecular weight is 482 g/mol. The molecule has 1 aliphatic carbocycles. The summed E-state index contributed by atoms with van der Waals surface area (Å²) in [5.41, 5.74) is 1.22. The molecule has 1 aliphatic rings. The van der Waals surface area contributed by atoms with E-state index >= 15 is 17.6 Å². The monoisotopic (exact) mass is 482 g/mol. The van der Waals surface area contributed by atoms with Crippen molar-refractivity contribution in [1.82, 2.24) is 0 Å². The van der Waals surface area contributed by atoms with Gasteiger partial charge in [0.15, 0.2) is 0 Å². The van der Waals surface area contributed by atoms with Crippen LogP contribution in [0.4, 0.5) is 17.6 Å². The minimum Gasteiger partial charge on any atom is -0.211 e. The van der Waals surface area contributed by atoms with Crippen molar-refractivity contribution in [2.24, 2.45) is 10.8 Å². The van der Waals surface area contributed by atoms with Crippen LogP contribution in [0, 0.1) is 10.8 Å². The van der Waals surface area contributed by atoms with Crippen molar-refractivity contribution in [3.8, 4) is 0 Å². The fourth-order valence-electron chi connectivity index (χ4n) is 5.26. The molecule has 0 heterocycles. The normalized spacial score (nSPS) is 19.7. The topological polar surface area (TPSA) is 0 Å². The predicted octanol–water partition coefficient (Wildman–Crippen LogP) is 9.97. The quantitative estimate of drug-likeness (QED) is 0.192. The van der Waals surface area contributed by atoms with Crippen LogP contribution >= 0.6 is 0 Å². The first-order valence-corrected chi connectivity index (χ1v) is 13.2. The molecule has 0 spiro atoms. The van der Waals surface area contributed by atoms with Gasteiger partial charge in [-0.05, 0) is 61.5 Å². The fraction of sp³-hybridized carbons (Fsp3) is 0.724. The van der Waals surface area contributed by atoms with Gasteiger partial charge >= 0.3 is 5.92 Å². The van der Waals surface area contributed by atoms with Crippen molar-refractivity contribution < 1.29 is 17.6 Å². The van der Waals surface area contributed by atoms with Gasteiger partial charge in [0.2, 0.25) is 0 Å². The van der Waals surface area contributed by atoms with Gasteiger partial charge < -0.3 is 0 Å². The largest absolute Gasteiger partial charge is 0.307 e. The average Bonchev–Trinajstić information content (AvgIpc) is 2.77. The van der Waals surface area contributed by atoms with Gasteiger partial charge in [0.05, 0.1) is 0 Å². The van der Waals surface area contributed by atoms with Crippen LogP contribution < -0.4 is 0 Å². The van der Waals surface area contributed by atoms with Crippen molar-refractivity contribution in [2.45, 2.75) is 124 Å². The second kappa shape index (κ2) is 12.6. The highest BCUT2D eigenvalue weighted by Crippen LogP contribution is 2.51. The summed E-state index contributed by atoms with van der Waals surface area (Å²) in [6.07, 6.45) is 11.6. The highest BCUT2D eigenvalue weighted by Gasteiger charge is 2.64. The van der Waals surface area contributed by atoms with E-state index in [-0.39, 0.29) is 23.7 Å². The summed E-state index contributed by atoms with van der Waals surface area (Å²) in [6.45, 7) is 18.8. The third-order valence-electron chi connectivity index (χ3n) is 8.21. The number of hydrogen-bond donors (Lipinski definition) is 0. The Morgan fingerprint density at radius 3 is 1.82 bits per heavy atom. The number of hydrogen-bond acceptors (Lipinski definition) is 0. The van der Waals surface area contributed by atoms with E-state index in [0.717, 1.165) is 68.1 Å². The van der Waals surface area contributed by atoms with Gasteiger partial charge in [-0.1, -0.05) is 104 Å². The maximum atomic E-state index is 15.4. The highest BCUT2D eigenvalue weighted by molar-refractivity contribution is 6.50. The molecule has 1 fully saturated rings. The SMILES string of the molecule is C=C/C(BC(F)(F)C(F)(F)C(C)(CC)CC)=C1/CCCCCC/C1=C(/C=C)C(C)(C)CCCC. The lowest BCUT2D eigenvalue weighted by Crippen LogP contribution is -2.55. The molecule has 0 nitrogen and oxygen atoms in total. The van der Waals surface area contributed by atoms with Crippen molar-refractivity contribution >= 4 is 7.28 Å². The van der Waals surface area contributed by atoms with Crippen LogP contribution in [-0.4, -0.2) is 19.0 Å². The zero-order chi connectivity index (χ0) is 26.2. The first-order chi connectivity index (χ1) is 15.8. The summed E-state index contributed by atoms with van der Waals surface area (Å²) in [6, 6.07) is 0. The van der Waals surface area contributed by atoms with Crippen molar-refractivity contribution in [3.05, 3.63) is 47.5 Å². The zero-order valence-corrected chi connectivity index (χ0v) is 22.6. The molecule has 5 heteroatoms. The lowest BCUT2D eigenvalue weighted by molar-refractivity contribution is -0.228. The van der Waals surface area contributed by atoms with Crippen LogP contribution in [0.1, 0.15) is 112 Å². The van der Waals surface area contributed by atoms with Gasteiger partial charge in [-0.25, -0.2) is 17.6 Å². The summed E-state index contributed by atoms with van der Waals surface area (Å²) in [5.74, 6) is -8.28. The number of alkyl halides is 4. The molecule has 0 aliphatic heterocycles. The summed E-state index contributed by atoms with van der Waals surface area (Å²) in [4.78, 5) is 0. The molecule has 194 valence electrons. The minimum absolute atomic E-state index is 0.0104. The Hall–Kier alpha value is -1.26. The molecule has 0 aromatic carbocycles. The van der Waals surface area contributed by atoms with Gasteiger partial charge in [-0.3, -0.25) is 0 Å². The lowest BCUT2D eigenvalue weighted by Gasteiger charge is -2.41. The van der Waals surface area contributed by atoms with Gasteiger partial charge in [-0.15, -0.1) is 0 Å². The Morgan fingerprint density at radius 2 is 1.38 bits per heavy atom. The standard InChI is InChI=1S/C29H47BF4/c1-9-14-21-26(6,7)24(10-2)22-19-17-15-16-18-20-23(22)25(11-3)30-29(33,34)28(31,32)27(8,12-4)13-5/h10-11,30H,2-3,9,12-21H2,1,4-8H3/b24-22+,25-23+. The molecule has 0 aromatic rings. The third-order valence-corrected chi connectivity index (χ3v) is 8.21. The molecule has 1 saturated carbocycles. The van der Waals surface area contributed by atoms with Gasteiger partial charge in [0, 0.05) is 5.41 Å². The van der Waals surface area contributed by atoms with E-state index in [1.165, 1.54) is 13.0 Å². The van der Waals surface area contributed by atoms with Crippen LogP contribution in [0.3, 0.4) is 0 Å². The molecule has 1 rings (SSSR count). The second-order valence-electron chi connectivity index (χ2n) is 10.9. The Balaban J connectivity index is 3.71. The predicted molar refractivity (Wildman–Crippen MR) is 141 cm³/mol.